The molecular weight excluding hydrogens is 474 g/mol. The molecule has 0 radical (unpaired) electrons. The third-order valence-electron chi connectivity index (χ3n) is 6.36. The first-order valence-corrected chi connectivity index (χ1v) is 12.9. The third kappa shape index (κ3) is 7.01. The van der Waals surface area contributed by atoms with E-state index >= 15 is 0 Å². The summed E-state index contributed by atoms with van der Waals surface area (Å²) in [4.78, 5) is 33.6. The summed E-state index contributed by atoms with van der Waals surface area (Å²) in [6.07, 6.45) is 2.70. The van der Waals surface area contributed by atoms with Crippen molar-refractivity contribution in [1.82, 2.24) is 14.8 Å². The van der Waals surface area contributed by atoms with Crippen molar-refractivity contribution in [3.8, 4) is 6.07 Å². The second-order valence-corrected chi connectivity index (χ2v) is 9.80. The lowest BCUT2D eigenvalue weighted by Crippen LogP contribution is -2.46. The molecule has 2 N–H and O–H groups in total. The number of nitrogens with one attached hydrogen (secondary N) is 2. The maximum atomic E-state index is 13.7. The van der Waals surface area contributed by atoms with Gasteiger partial charge in [0.05, 0.1) is 11.6 Å². The number of hydrogen-bond donors (Lipinski definition) is 2. The molecule has 1 aromatic heterocycles. The molecule has 0 aliphatic carbocycles. The van der Waals surface area contributed by atoms with Crippen LogP contribution in [0, 0.1) is 17.2 Å². The van der Waals surface area contributed by atoms with Crippen molar-refractivity contribution in [3.05, 3.63) is 102 Å². The molecule has 0 atom stereocenters. The smallest absolute Gasteiger partial charge is 0.322 e. The number of benzene rings is 3. The standard InChI is InChI=1S/C31H33N5O2/c1-23(2)20-36(31(38)34-27-14-12-24(18-32)13-15-27)22-30(37)35(21-25-8-4-3-5-9-25)17-16-26-19-33-29-11-7-6-10-28(26)29/h3-15,19,23,33H,16-17,20-22H2,1-2H3,(H,34,38). The summed E-state index contributed by atoms with van der Waals surface area (Å²) in [7, 11) is 0. The van der Waals surface area contributed by atoms with Crippen molar-refractivity contribution in [3.63, 3.8) is 0 Å². The average molecular weight is 508 g/mol. The fourth-order valence-corrected chi connectivity index (χ4v) is 4.44. The van der Waals surface area contributed by atoms with E-state index in [0.717, 1.165) is 22.0 Å². The predicted octanol–water partition coefficient (Wildman–Crippen LogP) is 5.80. The molecule has 4 rings (SSSR count). The highest BCUT2D eigenvalue weighted by atomic mass is 16.2. The highest BCUT2D eigenvalue weighted by Gasteiger charge is 2.23. The largest absolute Gasteiger partial charge is 0.361 e. The van der Waals surface area contributed by atoms with E-state index in [1.54, 1.807) is 29.2 Å². The van der Waals surface area contributed by atoms with Crippen LogP contribution < -0.4 is 5.32 Å². The molecular formula is C31H33N5O2. The van der Waals surface area contributed by atoms with E-state index < -0.39 is 0 Å². The van der Waals surface area contributed by atoms with Gasteiger partial charge in [-0.05, 0) is 53.8 Å². The summed E-state index contributed by atoms with van der Waals surface area (Å²) in [6, 6.07) is 26.5. The predicted molar refractivity (Wildman–Crippen MR) is 150 cm³/mol. The molecule has 0 saturated carbocycles. The Kier molecular flexibility index (Phi) is 8.78. The van der Waals surface area contributed by atoms with Crippen LogP contribution in [0.4, 0.5) is 10.5 Å². The Bertz CT molecular complexity index is 1400. The molecule has 0 spiro atoms. The lowest BCUT2D eigenvalue weighted by Gasteiger charge is -2.29. The third-order valence-corrected chi connectivity index (χ3v) is 6.36. The highest BCUT2D eigenvalue weighted by Crippen LogP contribution is 2.19. The monoisotopic (exact) mass is 507 g/mol. The molecule has 3 amide bonds. The molecule has 7 nitrogen and oxygen atoms in total. The van der Waals surface area contributed by atoms with E-state index in [-0.39, 0.29) is 24.4 Å². The van der Waals surface area contributed by atoms with Crippen molar-refractivity contribution in [2.75, 3.05) is 25.0 Å². The van der Waals surface area contributed by atoms with Crippen LogP contribution >= 0.6 is 0 Å². The Morgan fingerprint density at radius 3 is 2.37 bits per heavy atom. The van der Waals surface area contributed by atoms with E-state index in [1.165, 1.54) is 0 Å². The van der Waals surface area contributed by atoms with Gasteiger partial charge in [0.2, 0.25) is 5.91 Å². The molecule has 4 aromatic rings. The topological polar surface area (TPSA) is 92.2 Å². The Balaban J connectivity index is 1.49. The van der Waals surface area contributed by atoms with Crippen molar-refractivity contribution in [2.24, 2.45) is 5.92 Å². The number of rotatable bonds is 10. The first kappa shape index (κ1) is 26.5. The van der Waals surface area contributed by atoms with Gasteiger partial charge in [-0.2, -0.15) is 5.26 Å². The summed E-state index contributed by atoms with van der Waals surface area (Å²) in [5, 5.41) is 13.0. The summed E-state index contributed by atoms with van der Waals surface area (Å²) < 4.78 is 0. The van der Waals surface area contributed by atoms with Gasteiger partial charge in [0, 0.05) is 42.4 Å². The van der Waals surface area contributed by atoms with Crippen LogP contribution in [0.25, 0.3) is 10.9 Å². The lowest BCUT2D eigenvalue weighted by atomic mass is 10.1. The molecule has 0 saturated heterocycles. The number of para-hydroxylation sites is 1. The number of nitrogens with zero attached hydrogens (tertiary/aromatic N) is 3. The molecule has 38 heavy (non-hydrogen) atoms. The van der Waals surface area contributed by atoms with Gasteiger partial charge in [0.25, 0.3) is 0 Å². The van der Waals surface area contributed by atoms with E-state index in [0.29, 0.717) is 37.3 Å². The first-order valence-electron chi connectivity index (χ1n) is 12.9. The Morgan fingerprint density at radius 1 is 0.947 bits per heavy atom. The zero-order valence-electron chi connectivity index (χ0n) is 21.9. The first-order chi connectivity index (χ1) is 18.4. The maximum Gasteiger partial charge on any atom is 0.322 e. The van der Waals surface area contributed by atoms with Crippen LogP contribution in [0.1, 0.15) is 30.5 Å². The number of anilines is 1. The van der Waals surface area contributed by atoms with Crippen LogP contribution in [-0.4, -0.2) is 46.4 Å². The number of hydrogen-bond acceptors (Lipinski definition) is 3. The number of H-pyrrole nitrogens is 1. The minimum atomic E-state index is -0.340. The fourth-order valence-electron chi connectivity index (χ4n) is 4.44. The highest BCUT2D eigenvalue weighted by molar-refractivity contribution is 5.92. The van der Waals surface area contributed by atoms with Gasteiger partial charge in [-0.3, -0.25) is 4.79 Å². The lowest BCUT2D eigenvalue weighted by molar-refractivity contribution is -0.132. The summed E-state index contributed by atoms with van der Waals surface area (Å²) in [5.41, 5.74) is 4.37. The fraction of sp³-hybridized carbons (Fsp3) is 0.258. The van der Waals surface area contributed by atoms with Crippen molar-refractivity contribution in [1.29, 1.82) is 5.26 Å². The molecule has 3 aromatic carbocycles. The molecule has 0 fully saturated rings. The Morgan fingerprint density at radius 2 is 1.66 bits per heavy atom. The molecule has 7 heteroatoms. The number of aromatic nitrogens is 1. The Hall–Kier alpha value is -4.57. The van der Waals surface area contributed by atoms with E-state index in [2.05, 4.69) is 22.4 Å². The molecule has 0 bridgehead atoms. The van der Waals surface area contributed by atoms with Crippen molar-refractivity contribution in [2.45, 2.75) is 26.8 Å². The minimum Gasteiger partial charge on any atom is -0.361 e. The minimum absolute atomic E-state index is 0.0268. The summed E-state index contributed by atoms with van der Waals surface area (Å²) >= 11 is 0. The van der Waals surface area contributed by atoms with Gasteiger partial charge in [0.1, 0.15) is 6.54 Å². The number of nitriles is 1. The van der Waals surface area contributed by atoms with Crippen LogP contribution in [-0.2, 0) is 17.8 Å². The van der Waals surface area contributed by atoms with Crippen molar-refractivity contribution < 1.29 is 9.59 Å². The quantitative estimate of drug-likeness (QED) is 0.284. The van der Waals surface area contributed by atoms with Crippen LogP contribution in [0.3, 0.4) is 0 Å². The number of amides is 3. The SMILES string of the molecule is CC(C)CN(CC(=O)N(CCc1c[nH]c2ccccc12)Cc1ccccc1)C(=O)Nc1ccc(C#N)cc1. The zero-order chi connectivity index (χ0) is 26.9. The molecule has 0 aliphatic heterocycles. The summed E-state index contributed by atoms with van der Waals surface area (Å²) in [6.45, 7) is 5.45. The number of carbonyl (C=O) groups is 2. The molecule has 1 heterocycles. The van der Waals surface area contributed by atoms with Gasteiger partial charge in [-0.1, -0.05) is 62.4 Å². The van der Waals surface area contributed by atoms with Gasteiger partial charge in [0.15, 0.2) is 0 Å². The maximum absolute atomic E-state index is 13.7. The number of carbonyl (C=O) groups excluding carboxylic acids is 2. The zero-order valence-corrected chi connectivity index (χ0v) is 21.9. The van der Waals surface area contributed by atoms with Crippen molar-refractivity contribution >= 4 is 28.5 Å². The van der Waals surface area contributed by atoms with E-state index in [4.69, 9.17) is 5.26 Å². The number of aromatic amines is 1. The van der Waals surface area contributed by atoms with Gasteiger partial charge in [-0.15, -0.1) is 0 Å². The second kappa shape index (κ2) is 12.6. The second-order valence-electron chi connectivity index (χ2n) is 9.80. The molecule has 194 valence electrons. The van der Waals surface area contributed by atoms with E-state index in [9.17, 15) is 9.59 Å². The van der Waals surface area contributed by atoms with Crippen LogP contribution in [0.15, 0.2) is 85.1 Å². The average Bonchev–Trinajstić information content (AvgIpc) is 3.34. The Labute approximate surface area is 223 Å². The van der Waals surface area contributed by atoms with Crippen LogP contribution in [0.2, 0.25) is 0 Å². The summed E-state index contributed by atoms with van der Waals surface area (Å²) in [5.74, 6) is 0.0765. The van der Waals surface area contributed by atoms with Gasteiger partial charge >= 0.3 is 6.03 Å². The molecule has 0 aliphatic rings. The van der Waals surface area contributed by atoms with Gasteiger partial charge < -0.3 is 20.1 Å². The van der Waals surface area contributed by atoms with E-state index in [1.807, 2.05) is 73.5 Å². The van der Waals surface area contributed by atoms with Crippen LogP contribution in [0.5, 0.6) is 0 Å². The number of fused-ring (bicyclic) bond motifs is 1. The van der Waals surface area contributed by atoms with Gasteiger partial charge in [-0.25, -0.2) is 4.79 Å². The normalized spacial score (nSPS) is 10.8. The number of urea groups is 1. The molecule has 0 unspecified atom stereocenters.